The Morgan fingerprint density at radius 1 is 1.29 bits per heavy atom. The van der Waals surface area contributed by atoms with E-state index in [-0.39, 0.29) is 5.97 Å². The van der Waals surface area contributed by atoms with Crippen LogP contribution in [-0.2, 0) is 14.9 Å². The SMILES string of the molecule is CCOC(=O)C(C)(C)c1ccc(C2CC2)cc1. The molecule has 0 radical (unpaired) electrons. The van der Waals surface area contributed by atoms with Crippen LogP contribution in [0.25, 0.3) is 0 Å². The van der Waals surface area contributed by atoms with Gasteiger partial charge in [0.1, 0.15) is 0 Å². The molecule has 0 aromatic heterocycles. The van der Waals surface area contributed by atoms with Crippen molar-refractivity contribution in [1.29, 1.82) is 0 Å². The lowest BCUT2D eigenvalue weighted by Crippen LogP contribution is -2.31. The molecule has 17 heavy (non-hydrogen) atoms. The predicted octanol–water partition coefficient (Wildman–Crippen LogP) is 3.40. The first-order chi connectivity index (χ1) is 8.05. The molecule has 0 N–H and O–H groups in total. The van der Waals surface area contributed by atoms with E-state index in [1.165, 1.54) is 18.4 Å². The van der Waals surface area contributed by atoms with Crippen LogP contribution in [0.2, 0.25) is 0 Å². The monoisotopic (exact) mass is 232 g/mol. The van der Waals surface area contributed by atoms with Crippen LogP contribution in [0.15, 0.2) is 24.3 Å². The Balaban J connectivity index is 2.17. The van der Waals surface area contributed by atoms with Crippen LogP contribution >= 0.6 is 0 Å². The zero-order chi connectivity index (χ0) is 12.5. The van der Waals surface area contributed by atoms with Crippen LogP contribution in [0, 0.1) is 0 Å². The van der Waals surface area contributed by atoms with E-state index in [1.54, 1.807) is 0 Å². The molecule has 0 aliphatic heterocycles. The molecule has 1 aliphatic rings. The van der Waals surface area contributed by atoms with Crippen molar-refractivity contribution in [2.45, 2.75) is 44.9 Å². The largest absolute Gasteiger partial charge is 0.465 e. The molecule has 0 unspecified atom stereocenters. The van der Waals surface area contributed by atoms with Gasteiger partial charge in [-0.2, -0.15) is 0 Å². The smallest absolute Gasteiger partial charge is 0.315 e. The molecule has 1 fully saturated rings. The maximum Gasteiger partial charge on any atom is 0.315 e. The molecule has 92 valence electrons. The van der Waals surface area contributed by atoms with Gasteiger partial charge in [0.25, 0.3) is 0 Å². The highest BCUT2D eigenvalue weighted by Gasteiger charge is 2.31. The zero-order valence-electron chi connectivity index (χ0n) is 10.8. The molecule has 0 atom stereocenters. The normalized spacial score (nSPS) is 15.7. The molecule has 1 aromatic rings. The maximum absolute atomic E-state index is 11.9. The summed E-state index contributed by atoms with van der Waals surface area (Å²) in [5.41, 5.74) is 1.87. The fourth-order valence-corrected chi connectivity index (χ4v) is 2.02. The van der Waals surface area contributed by atoms with Gasteiger partial charge >= 0.3 is 5.97 Å². The second-order valence-electron chi connectivity index (χ2n) is 5.24. The molecule has 2 rings (SSSR count). The Morgan fingerprint density at radius 3 is 2.35 bits per heavy atom. The highest BCUT2D eigenvalue weighted by atomic mass is 16.5. The third kappa shape index (κ3) is 2.51. The van der Waals surface area contributed by atoms with Crippen molar-refractivity contribution in [2.75, 3.05) is 6.61 Å². The Morgan fingerprint density at radius 2 is 1.88 bits per heavy atom. The average molecular weight is 232 g/mol. The number of rotatable bonds is 4. The molecule has 0 bridgehead atoms. The van der Waals surface area contributed by atoms with Gasteiger partial charge in [0.05, 0.1) is 12.0 Å². The lowest BCUT2D eigenvalue weighted by Gasteiger charge is -2.23. The molecule has 2 nitrogen and oxygen atoms in total. The summed E-state index contributed by atoms with van der Waals surface area (Å²) in [6, 6.07) is 8.41. The molecule has 1 aromatic carbocycles. The van der Waals surface area contributed by atoms with Gasteiger partial charge in [0, 0.05) is 0 Å². The van der Waals surface area contributed by atoms with E-state index < -0.39 is 5.41 Å². The van der Waals surface area contributed by atoms with Gasteiger partial charge in [0.2, 0.25) is 0 Å². The minimum absolute atomic E-state index is 0.154. The summed E-state index contributed by atoms with van der Waals surface area (Å²) < 4.78 is 5.11. The summed E-state index contributed by atoms with van der Waals surface area (Å²) in [4.78, 5) is 11.9. The van der Waals surface area contributed by atoms with Crippen molar-refractivity contribution in [2.24, 2.45) is 0 Å². The topological polar surface area (TPSA) is 26.3 Å². The Bertz CT molecular complexity index is 399. The van der Waals surface area contributed by atoms with Gasteiger partial charge in [-0.15, -0.1) is 0 Å². The molecular formula is C15H20O2. The number of hydrogen-bond donors (Lipinski definition) is 0. The van der Waals surface area contributed by atoms with E-state index in [0.717, 1.165) is 11.5 Å². The van der Waals surface area contributed by atoms with E-state index >= 15 is 0 Å². The maximum atomic E-state index is 11.9. The molecule has 2 heteroatoms. The van der Waals surface area contributed by atoms with E-state index in [9.17, 15) is 4.79 Å². The van der Waals surface area contributed by atoms with Crippen molar-refractivity contribution in [3.8, 4) is 0 Å². The van der Waals surface area contributed by atoms with Gasteiger partial charge < -0.3 is 4.74 Å². The van der Waals surface area contributed by atoms with Crippen LogP contribution in [0.5, 0.6) is 0 Å². The highest BCUT2D eigenvalue weighted by Crippen LogP contribution is 2.40. The van der Waals surface area contributed by atoms with Crippen molar-refractivity contribution in [3.63, 3.8) is 0 Å². The third-order valence-corrected chi connectivity index (χ3v) is 3.47. The second-order valence-corrected chi connectivity index (χ2v) is 5.24. The molecule has 0 saturated heterocycles. The van der Waals surface area contributed by atoms with Crippen LogP contribution in [0.4, 0.5) is 0 Å². The zero-order valence-corrected chi connectivity index (χ0v) is 10.8. The van der Waals surface area contributed by atoms with Gasteiger partial charge in [-0.3, -0.25) is 4.79 Å². The van der Waals surface area contributed by atoms with Crippen LogP contribution in [0.1, 0.15) is 50.7 Å². The quantitative estimate of drug-likeness (QED) is 0.744. The minimum Gasteiger partial charge on any atom is -0.465 e. The summed E-state index contributed by atoms with van der Waals surface area (Å²) >= 11 is 0. The number of carbonyl (C=O) groups is 1. The van der Waals surface area contributed by atoms with Crippen LogP contribution in [0.3, 0.4) is 0 Å². The summed E-state index contributed by atoms with van der Waals surface area (Å²) in [5.74, 6) is 0.605. The van der Waals surface area contributed by atoms with Crippen LogP contribution < -0.4 is 0 Å². The number of carbonyl (C=O) groups excluding carboxylic acids is 1. The fraction of sp³-hybridized carbons (Fsp3) is 0.533. The van der Waals surface area contributed by atoms with E-state index in [2.05, 4.69) is 24.3 Å². The Labute approximate surface area is 103 Å². The first-order valence-electron chi connectivity index (χ1n) is 6.33. The Hall–Kier alpha value is -1.31. The number of esters is 1. The van der Waals surface area contributed by atoms with Crippen molar-refractivity contribution in [1.82, 2.24) is 0 Å². The van der Waals surface area contributed by atoms with Crippen molar-refractivity contribution >= 4 is 5.97 Å². The van der Waals surface area contributed by atoms with Gasteiger partial charge in [-0.1, -0.05) is 24.3 Å². The summed E-state index contributed by atoms with van der Waals surface area (Å²) in [6.45, 7) is 6.10. The number of benzene rings is 1. The number of hydrogen-bond acceptors (Lipinski definition) is 2. The number of ether oxygens (including phenoxy) is 1. The van der Waals surface area contributed by atoms with Crippen molar-refractivity contribution < 1.29 is 9.53 Å². The second kappa shape index (κ2) is 4.52. The molecular weight excluding hydrogens is 212 g/mol. The molecule has 0 heterocycles. The van der Waals surface area contributed by atoms with Gasteiger partial charge in [-0.25, -0.2) is 0 Å². The van der Waals surface area contributed by atoms with Crippen molar-refractivity contribution in [3.05, 3.63) is 35.4 Å². The van der Waals surface area contributed by atoms with Gasteiger partial charge in [0.15, 0.2) is 0 Å². The van der Waals surface area contributed by atoms with E-state index in [1.807, 2.05) is 20.8 Å². The highest BCUT2D eigenvalue weighted by molar-refractivity contribution is 5.82. The third-order valence-electron chi connectivity index (χ3n) is 3.47. The minimum atomic E-state index is -0.557. The van der Waals surface area contributed by atoms with E-state index in [4.69, 9.17) is 4.74 Å². The molecule has 0 amide bonds. The lowest BCUT2D eigenvalue weighted by atomic mass is 9.84. The first kappa shape index (κ1) is 12.2. The van der Waals surface area contributed by atoms with Gasteiger partial charge in [-0.05, 0) is 50.7 Å². The first-order valence-corrected chi connectivity index (χ1v) is 6.33. The predicted molar refractivity (Wildman–Crippen MR) is 68.1 cm³/mol. The lowest BCUT2D eigenvalue weighted by molar-refractivity contribution is -0.148. The standard InChI is InChI=1S/C15H20O2/c1-4-17-14(16)15(2,3)13-9-7-12(8-10-13)11-5-6-11/h7-11H,4-6H2,1-3H3. The summed E-state index contributed by atoms with van der Waals surface area (Å²) in [7, 11) is 0. The molecule has 1 saturated carbocycles. The van der Waals surface area contributed by atoms with Crippen LogP contribution in [-0.4, -0.2) is 12.6 Å². The average Bonchev–Trinajstić information content (AvgIpc) is 3.13. The molecule has 0 spiro atoms. The summed E-state index contributed by atoms with van der Waals surface area (Å²) in [5, 5.41) is 0. The van der Waals surface area contributed by atoms with E-state index in [0.29, 0.717) is 6.61 Å². The molecule has 1 aliphatic carbocycles. The summed E-state index contributed by atoms with van der Waals surface area (Å²) in [6.07, 6.45) is 2.61. The fourth-order valence-electron chi connectivity index (χ4n) is 2.02. The Kier molecular flexibility index (Phi) is 3.23.